The molecule has 2 heteroatoms. The molecular formula is C9H16O2. The molecule has 0 spiro atoms. The van der Waals surface area contributed by atoms with Crippen LogP contribution in [-0.2, 0) is 4.79 Å². The van der Waals surface area contributed by atoms with Gasteiger partial charge in [-0.25, -0.2) is 0 Å². The predicted molar refractivity (Wildman–Crippen MR) is 43.1 cm³/mol. The third kappa shape index (κ3) is 1.45. The number of ketones is 1. The molecule has 0 saturated heterocycles. The minimum absolute atomic E-state index is 0.175. The average Bonchev–Trinajstić information content (AvgIpc) is 2.28. The first-order valence-electron chi connectivity index (χ1n) is 4.34. The molecule has 1 N–H and O–H groups in total. The number of hydrogen-bond acceptors (Lipinski definition) is 2. The third-order valence-corrected chi connectivity index (χ3v) is 2.92. The monoisotopic (exact) mass is 156 g/mol. The standard InChI is InChI=1S/C9H16O2/c1-3-8-6(2)9(11)4-7(8)5-10/h6-8,10H,3-5H2,1-2H3. The Morgan fingerprint density at radius 1 is 1.64 bits per heavy atom. The average molecular weight is 156 g/mol. The number of Topliss-reactive ketones (excluding diaryl/α,β-unsaturated/α-hetero) is 1. The molecule has 0 amide bonds. The molecule has 64 valence electrons. The van der Waals surface area contributed by atoms with Gasteiger partial charge in [-0.1, -0.05) is 20.3 Å². The van der Waals surface area contributed by atoms with Crippen molar-refractivity contribution in [3.63, 3.8) is 0 Å². The molecule has 0 aromatic rings. The second-order valence-electron chi connectivity index (χ2n) is 3.47. The molecule has 1 saturated carbocycles. The quantitative estimate of drug-likeness (QED) is 0.653. The van der Waals surface area contributed by atoms with Crippen molar-refractivity contribution in [2.75, 3.05) is 6.61 Å². The molecule has 3 unspecified atom stereocenters. The van der Waals surface area contributed by atoms with Crippen LogP contribution in [0.3, 0.4) is 0 Å². The van der Waals surface area contributed by atoms with Crippen molar-refractivity contribution < 1.29 is 9.90 Å². The SMILES string of the molecule is CCC1C(CO)CC(=O)C1C. The number of carbonyl (C=O) groups is 1. The molecule has 0 radical (unpaired) electrons. The molecule has 0 aromatic heterocycles. The number of rotatable bonds is 2. The fourth-order valence-corrected chi connectivity index (χ4v) is 2.13. The van der Waals surface area contributed by atoms with Gasteiger partial charge in [0.15, 0.2) is 0 Å². The van der Waals surface area contributed by atoms with Gasteiger partial charge in [0.2, 0.25) is 0 Å². The fourth-order valence-electron chi connectivity index (χ4n) is 2.13. The van der Waals surface area contributed by atoms with E-state index in [0.717, 1.165) is 6.42 Å². The first-order valence-corrected chi connectivity index (χ1v) is 4.34. The molecule has 11 heavy (non-hydrogen) atoms. The minimum Gasteiger partial charge on any atom is -0.396 e. The Labute approximate surface area is 67.6 Å². The van der Waals surface area contributed by atoms with Crippen LogP contribution in [0.15, 0.2) is 0 Å². The number of carbonyl (C=O) groups excluding carboxylic acids is 1. The van der Waals surface area contributed by atoms with Crippen LogP contribution in [0.4, 0.5) is 0 Å². The van der Waals surface area contributed by atoms with Crippen LogP contribution < -0.4 is 0 Å². The summed E-state index contributed by atoms with van der Waals surface area (Å²) in [6.07, 6.45) is 1.61. The van der Waals surface area contributed by atoms with Crippen LogP contribution in [0.5, 0.6) is 0 Å². The van der Waals surface area contributed by atoms with Gasteiger partial charge in [-0.2, -0.15) is 0 Å². The maximum Gasteiger partial charge on any atom is 0.136 e. The van der Waals surface area contributed by atoms with Crippen molar-refractivity contribution in [2.24, 2.45) is 17.8 Å². The Morgan fingerprint density at radius 3 is 2.64 bits per heavy atom. The van der Waals surface area contributed by atoms with E-state index in [9.17, 15) is 4.79 Å². The maximum absolute atomic E-state index is 11.2. The van der Waals surface area contributed by atoms with Crippen LogP contribution in [0.2, 0.25) is 0 Å². The van der Waals surface area contributed by atoms with E-state index >= 15 is 0 Å². The molecule has 3 atom stereocenters. The Hall–Kier alpha value is -0.370. The first-order chi connectivity index (χ1) is 5.20. The van der Waals surface area contributed by atoms with Crippen LogP contribution in [0.1, 0.15) is 26.7 Å². The number of aliphatic hydroxyl groups is 1. The van der Waals surface area contributed by atoms with Gasteiger partial charge >= 0.3 is 0 Å². The van der Waals surface area contributed by atoms with Crippen LogP contribution >= 0.6 is 0 Å². The van der Waals surface area contributed by atoms with E-state index in [1.54, 1.807) is 0 Å². The summed E-state index contributed by atoms with van der Waals surface area (Å²) in [5, 5.41) is 8.95. The van der Waals surface area contributed by atoms with E-state index in [1.807, 2.05) is 6.92 Å². The largest absolute Gasteiger partial charge is 0.396 e. The molecule has 1 aliphatic carbocycles. The van der Waals surface area contributed by atoms with E-state index in [2.05, 4.69) is 6.92 Å². The summed E-state index contributed by atoms with van der Waals surface area (Å²) in [4.78, 5) is 11.2. The van der Waals surface area contributed by atoms with Gasteiger partial charge in [0.25, 0.3) is 0 Å². The van der Waals surface area contributed by atoms with Gasteiger partial charge in [0, 0.05) is 18.9 Å². The molecule has 0 aliphatic heterocycles. The van der Waals surface area contributed by atoms with Crippen molar-refractivity contribution in [1.82, 2.24) is 0 Å². The topological polar surface area (TPSA) is 37.3 Å². The molecule has 0 aromatic carbocycles. The zero-order valence-corrected chi connectivity index (χ0v) is 7.21. The lowest BCUT2D eigenvalue weighted by atomic mass is 9.89. The molecule has 1 rings (SSSR count). The van der Waals surface area contributed by atoms with Crippen LogP contribution in [0.25, 0.3) is 0 Å². The molecule has 1 aliphatic rings. The predicted octanol–water partition coefficient (Wildman–Crippen LogP) is 1.23. The van der Waals surface area contributed by atoms with Crippen molar-refractivity contribution >= 4 is 5.78 Å². The first kappa shape index (κ1) is 8.72. The van der Waals surface area contributed by atoms with Gasteiger partial charge in [-0.3, -0.25) is 4.79 Å². The number of aliphatic hydroxyl groups excluding tert-OH is 1. The van der Waals surface area contributed by atoms with E-state index < -0.39 is 0 Å². The van der Waals surface area contributed by atoms with E-state index in [0.29, 0.717) is 18.1 Å². The van der Waals surface area contributed by atoms with Gasteiger partial charge in [-0.15, -0.1) is 0 Å². The second-order valence-corrected chi connectivity index (χ2v) is 3.47. The van der Waals surface area contributed by atoms with E-state index in [4.69, 9.17) is 5.11 Å². The molecule has 2 nitrogen and oxygen atoms in total. The van der Waals surface area contributed by atoms with Crippen molar-refractivity contribution in [3.05, 3.63) is 0 Å². The normalized spacial score (nSPS) is 38.1. The van der Waals surface area contributed by atoms with E-state index in [1.165, 1.54) is 0 Å². The third-order valence-electron chi connectivity index (χ3n) is 2.92. The lowest BCUT2D eigenvalue weighted by Crippen LogP contribution is -2.16. The summed E-state index contributed by atoms with van der Waals surface area (Å²) < 4.78 is 0. The Balaban J connectivity index is 2.64. The van der Waals surface area contributed by atoms with Crippen molar-refractivity contribution in [3.8, 4) is 0 Å². The molecule has 0 heterocycles. The molecule has 1 fully saturated rings. The molecular weight excluding hydrogens is 140 g/mol. The lowest BCUT2D eigenvalue weighted by molar-refractivity contribution is -0.120. The summed E-state index contributed by atoms with van der Waals surface area (Å²) in [5.74, 6) is 1.17. The zero-order valence-electron chi connectivity index (χ0n) is 7.21. The van der Waals surface area contributed by atoms with Gasteiger partial charge in [-0.05, 0) is 11.8 Å². The maximum atomic E-state index is 11.2. The minimum atomic E-state index is 0.175. The van der Waals surface area contributed by atoms with Gasteiger partial charge in [0.05, 0.1) is 0 Å². The highest BCUT2D eigenvalue weighted by molar-refractivity contribution is 5.83. The fraction of sp³-hybridized carbons (Fsp3) is 0.889. The Bertz CT molecular complexity index is 154. The highest BCUT2D eigenvalue weighted by Crippen LogP contribution is 2.35. The van der Waals surface area contributed by atoms with Crippen LogP contribution in [0, 0.1) is 17.8 Å². The smallest absolute Gasteiger partial charge is 0.136 e. The Kier molecular flexibility index (Phi) is 2.66. The lowest BCUT2D eigenvalue weighted by Gasteiger charge is -2.17. The second kappa shape index (κ2) is 3.35. The summed E-state index contributed by atoms with van der Waals surface area (Å²) in [7, 11) is 0. The molecule has 0 bridgehead atoms. The summed E-state index contributed by atoms with van der Waals surface area (Å²) in [6, 6.07) is 0. The zero-order chi connectivity index (χ0) is 8.43. The summed E-state index contributed by atoms with van der Waals surface area (Å²) >= 11 is 0. The van der Waals surface area contributed by atoms with Gasteiger partial charge < -0.3 is 5.11 Å². The van der Waals surface area contributed by atoms with Crippen molar-refractivity contribution in [2.45, 2.75) is 26.7 Å². The summed E-state index contributed by atoms with van der Waals surface area (Å²) in [5.41, 5.74) is 0. The highest BCUT2D eigenvalue weighted by Gasteiger charge is 2.37. The van der Waals surface area contributed by atoms with Gasteiger partial charge in [0.1, 0.15) is 5.78 Å². The van der Waals surface area contributed by atoms with E-state index in [-0.39, 0.29) is 18.4 Å². The summed E-state index contributed by atoms with van der Waals surface area (Å²) in [6.45, 7) is 4.24. The number of hydrogen-bond donors (Lipinski definition) is 1. The highest BCUT2D eigenvalue weighted by atomic mass is 16.3. The van der Waals surface area contributed by atoms with Crippen molar-refractivity contribution in [1.29, 1.82) is 0 Å². The Morgan fingerprint density at radius 2 is 2.27 bits per heavy atom. The van der Waals surface area contributed by atoms with Crippen LogP contribution in [-0.4, -0.2) is 17.5 Å².